The number of carboxylic acid groups (broad SMARTS) is 1. The number of carbonyl (C=O) groups is 1. The molecule has 1 saturated heterocycles. The zero-order valence-electron chi connectivity index (χ0n) is 13.3. The Kier molecular flexibility index (Phi) is 6.52. The van der Waals surface area contributed by atoms with Crippen LogP contribution in [-0.2, 0) is 4.79 Å². The number of hydrogen-bond donors (Lipinski definition) is 1. The van der Waals surface area contributed by atoms with Crippen LogP contribution in [0.5, 0.6) is 5.75 Å². The minimum Gasteiger partial charge on any atom is -0.497 e. The summed E-state index contributed by atoms with van der Waals surface area (Å²) < 4.78 is 5.27. The summed E-state index contributed by atoms with van der Waals surface area (Å²) in [5.41, 5.74) is 1.03. The molecule has 0 amide bonds. The molecule has 0 bridgehead atoms. The van der Waals surface area contributed by atoms with Crippen LogP contribution in [0.2, 0.25) is 0 Å². The first kappa shape index (κ1) is 16.6. The number of rotatable bonds is 8. The zero-order chi connectivity index (χ0) is 15.8. The molecule has 1 aliphatic rings. The van der Waals surface area contributed by atoms with Gasteiger partial charge in [-0.15, -0.1) is 0 Å². The second kappa shape index (κ2) is 8.63. The zero-order valence-corrected chi connectivity index (χ0v) is 13.3. The smallest absolute Gasteiger partial charge is 0.305 e. The van der Waals surface area contributed by atoms with Gasteiger partial charge in [-0.2, -0.15) is 0 Å². The Labute approximate surface area is 132 Å². The molecule has 0 unspecified atom stereocenters. The van der Waals surface area contributed by atoms with Crippen LogP contribution in [0.4, 0.5) is 5.69 Å². The molecule has 0 saturated carbocycles. The third kappa shape index (κ3) is 5.22. The van der Waals surface area contributed by atoms with Crippen LogP contribution in [-0.4, -0.2) is 55.8 Å². The summed E-state index contributed by atoms with van der Waals surface area (Å²) in [5, 5.41) is 8.97. The van der Waals surface area contributed by atoms with E-state index in [1.807, 2.05) is 24.3 Å². The quantitative estimate of drug-likeness (QED) is 0.799. The number of piperidine rings is 1. The maximum Gasteiger partial charge on any atom is 0.305 e. The minimum atomic E-state index is -0.758. The van der Waals surface area contributed by atoms with Crippen molar-refractivity contribution in [2.24, 2.45) is 0 Å². The molecule has 1 aromatic carbocycles. The fraction of sp³-hybridized carbons (Fsp3) is 0.588. The molecule has 5 nitrogen and oxygen atoms in total. The Morgan fingerprint density at radius 3 is 2.73 bits per heavy atom. The molecule has 0 aromatic heterocycles. The molecule has 5 heteroatoms. The summed E-state index contributed by atoms with van der Waals surface area (Å²) in [4.78, 5) is 15.5. The van der Waals surface area contributed by atoms with Gasteiger partial charge in [0.25, 0.3) is 0 Å². The van der Waals surface area contributed by atoms with Crippen LogP contribution in [0, 0.1) is 0 Å². The van der Waals surface area contributed by atoms with Crippen LogP contribution >= 0.6 is 0 Å². The van der Waals surface area contributed by atoms with Crippen molar-refractivity contribution in [3.8, 4) is 5.75 Å². The number of ether oxygens (including phenoxy) is 1. The van der Waals surface area contributed by atoms with Crippen LogP contribution in [0.15, 0.2) is 24.3 Å². The molecule has 0 atom stereocenters. The van der Waals surface area contributed by atoms with E-state index < -0.39 is 5.97 Å². The highest BCUT2D eigenvalue weighted by Crippen LogP contribution is 2.21. The van der Waals surface area contributed by atoms with Crippen molar-refractivity contribution in [1.29, 1.82) is 0 Å². The van der Waals surface area contributed by atoms with Gasteiger partial charge in [-0.3, -0.25) is 4.79 Å². The predicted octanol–water partition coefficient (Wildman–Crippen LogP) is 2.46. The first-order valence-corrected chi connectivity index (χ1v) is 8.02. The lowest BCUT2D eigenvalue weighted by Gasteiger charge is -2.31. The van der Waals surface area contributed by atoms with E-state index in [1.165, 1.54) is 19.3 Å². The Balaban J connectivity index is 1.98. The summed E-state index contributed by atoms with van der Waals surface area (Å²) in [7, 11) is 1.65. The molecule has 0 radical (unpaired) electrons. The van der Waals surface area contributed by atoms with E-state index in [-0.39, 0.29) is 6.42 Å². The molecule has 1 aromatic rings. The highest BCUT2D eigenvalue weighted by molar-refractivity contribution is 5.67. The topological polar surface area (TPSA) is 53.0 Å². The van der Waals surface area contributed by atoms with Gasteiger partial charge in [0.1, 0.15) is 5.75 Å². The second-order valence-electron chi connectivity index (χ2n) is 5.73. The number of hydrogen-bond acceptors (Lipinski definition) is 4. The minimum absolute atomic E-state index is 0.150. The highest BCUT2D eigenvalue weighted by atomic mass is 16.5. The van der Waals surface area contributed by atoms with E-state index in [1.54, 1.807) is 7.11 Å². The number of nitrogens with zero attached hydrogens (tertiary/aromatic N) is 2. The molecule has 1 N–H and O–H groups in total. The summed E-state index contributed by atoms with van der Waals surface area (Å²) >= 11 is 0. The van der Waals surface area contributed by atoms with Gasteiger partial charge in [0.2, 0.25) is 0 Å². The van der Waals surface area contributed by atoms with Crippen molar-refractivity contribution in [2.75, 3.05) is 44.7 Å². The van der Waals surface area contributed by atoms with Gasteiger partial charge in [-0.05, 0) is 38.1 Å². The molecule has 0 spiro atoms. The summed E-state index contributed by atoms with van der Waals surface area (Å²) in [6.45, 7) is 4.67. The average Bonchev–Trinajstić information content (AvgIpc) is 2.55. The van der Waals surface area contributed by atoms with Crippen molar-refractivity contribution in [2.45, 2.75) is 25.7 Å². The lowest BCUT2D eigenvalue weighted by Crippen LogP contribution is -2.38. The van der Waals surface area contributed by atoms with E-state index >= 15 is 0 Å². The van der Waals surface area contributed by atoms with E-state index in [0.717, 1.165) is 37.6 Å². The molecule has 1 heterocycles. The van der Waals surface area contributed by atoms with Crippen LogP contribution in [0.3, 0.4) is 0 Å². The van der Waals surface area contributed by atoms with E-state index in [4.69, 9.17) is 9.84 Å². The monoisotopic (exact) mass is 306 g/mol. The lowest BCUT2D eigenvalue weighted by atomic mass is 10.1. The van der Waals surface area contributed by atoms with Crippen molar-refractivity contribution in [3.05, 3.63) is 24.3 Å². The molecule has 1 aliphatic heterocycles. The second-order valence-corrected chi connectivity index (χ2v) is 5.73. The van der Waals surface area contributed by atoms with Gasteiger partial charge in [-0.25, -0.2) is 0 Å². The van der Waals surface area contributed by atoms with Crippen LogP contribution < -0.4 is 9.64 Å². The molecule has 0 aliphatic carbocycles. The molecular weight excluding hydrogens is 280 g/mol. The summed E-state index contributed by atoms with van der Waals surface area (Å²) in [6, 6.07) is 7.84. The van der Waals surface area contributed by atoms with Crippen molar-refractivity contribution in [3.63, 3.8) is 0 Å². The molecule has 22 heavy (non-hydrogen) atoms. The Morgan fingerprint density at radius 1 is 1.27 bits per heavy atom. The van der Waals surface area contributed by atoms with Gasteiger partial charge in [0.05, 0.1) is 13.5 Å². The number of benzene rings is 1. The number of methoxy groups -OCH3 is 1. The summed E-state index contributed by atoms with van der Waals surface area (Å²) in [6.07, 6.45) is 4.02. The SMILES string of the molecule is COc1cccc(N(CCC(=O)O)CCN2CCCCC2)c1. The lowest BCUT2D eigenvalue weighted by molar-refractivity contribution is -0.136. The van der Waals surface area contributed by atoms with Crippen molar-refractivity contribution < 1.29 is 14.6 Å². The third-order valence-electron chi connectivity index (χ3n) is 4.15. The third-order valence-corrected chi connectivity index (χ3v) is 4.15. The van der Waals surface area contributed by atoms with Crippen molar-refractivity contribution in [1.82, 2.24) is 4.90 Å². The number of carboxylic acids is 1. The largest absolute Gasteiger partial charge is 0.497 e. The van der Waals surface area contributed by atoms with Gasteiger partial charge < -0.3 is 19.6 Å². The molecule has 1 fully saturated rings. The van der Waals surface area contributed by atoms with Gasteiger partial charge in [0.15, 0.2) is 0 Å². The first-order valence-electron chi connectivity index (χ1n) is 8.02. The van der Waals surface area contributed by atoms with Crippen LogP contribution in [0.1, 0.15) is 25.7 Å². The van der Waals surface area contributed by atoms with Gasteiger partial charge in [-0.1, -0.05) is 12.5 Å². The molecular formula is C17H26N2O3. The Bertz CT molecular complexity index is 473. The van der Waals surface area contributed by atoms with E-state index in [9.17, 15) is 4.79 Å². The number of likely N-dealkylation sites (tertiary alicyclic amines) is 1. The first-order chi connectivity index (χ1) is 10.7. The van der Waals surface area contributed by atoms with Gasteiger partial charge in [0, 0.05) is 31.4 Å². The van der Waals surface area contributed by atoms with Crippen molar-refractivity contribution >= 4 is 11.7 Å². The average molecular weight is 306 g/mol. The predicted molar refractivity (Wildman–Crippen MR) is 87.8 cm³/mol. The van der Waals surface area contributed by atoms with E-state index in [2.05, 4.69) is 9.80 Å². The van der Waals surface area contributed by atoms with E-state index in [0.29, 0.717) is 6.54 Å². The highest BCUT2D eigenvalue weighted by Gasteiger charge is 2.14. The summed E-state index contributed by atoms with van der Waals surface area (Å²) in [5.74, 6) is 0.0432. The number of aliphatic carboxylic acids is 1. The van der Waals surface area contributed by atoms with Gasteiger partial charge >= 0.3 is 5.97 Å². The molecule has 122 valence electrons. The van der Waals surface area contributed by atoms with Crippen LogP contribution in [0.25, 0.3) is 0 Å². The number of anilines is 1. The fourth-order valence-electron chi connectivity index (χ4n) is 2.85. The molecule has 2 rings (SSSR count). The Morgan fingerprint density at radius 2 is 2.05 bits per heavy atom. The standard InChI is InChI=1S/C17H26N2O3/c1-22-16-7-5-6-15(14-16)19(11-8-17(20)21)13-12-18-9-3-2-4-10-18/h5-7,14H,2-4,8-13H2,1H3,(H,20,21). The normalized spacial score (nSPS) is 15.5. The maximum atomic E-state index is 10.9. The Hall–Kier alpha value is -1.75. The maximum absolute atomic E-state index is 10.9. The fourth-order valence-corrected chi connectivity index (χ4v) is 2.85.